The third kappa shape index (κ3) is 19.1. The van der Waals surface area contributed by atoms with Gasteiger partial charge in [-0.3, -0.25) is 0 Å². The number of hydrogen-bond acceptors (Lipinski definition) is 3. The van der Waals surface area contributed by atoms with Crippen LogP contribution in [-0.4, -0.2) is 18.8 Å². The maximum absolute atomic E-state index is 5.99. The topological polar surface area (TPSA) is 50.4 Å². The smallest absolute Gasteiger partial charge is 0.0644 e. The predicted octanol–water partition coefficient (Wildman–Crippen LogP) is 11.2. The minimum Gasteiger partial charge on any atom is -0.328 e. The summed E-state index contributed by atoms with van der Waals surface area (Å²) in [6.45, 7) is 32.5. The SMILES string of the molecule is C=CC(=C)C(C)(C)C.C=CC(C)C(=C\C=C/C)/C(=C\C(C)CC(C)N)C1CCCC1.CC.CN/N=C(\C)c1ccccc1. The first-order valence-corrected chi connectivity index (χ1v) is 16.3. The van der Waals surface area contributed by atoms with Crippen LogP contribution >= 0.6 is 0 Å². The minimum absolute atomic E-state index is 0.196. The number of nitrogens with zero attached hydrogens (tertiary/aromatic N) is 1. The van der Waals surface area contributed by atoms with Crippen LogP contribution in [0.5, 0.6) is 0 Å². The van der Waals surface area contributed by atoms with E-state index in [4.69, 9.17) is 5.73 Å². The number of nitrogens with two attached hydrogens (primary N) is 1. The van der Waals surface area contributed by atoms with Crippen molar-refractivity contribution >= 4 is 5.71 Å². The summed E-state index contributed by atoms with van der Waals surface area (Å²) in [4.78, 5) is 0. The monoisotopic (exact) mass is 590 g/mol. The normalized spacial score (nSPS) is 16.3. The van der Waals surface area contributed by atoms with Crippen molar-refractivity contribution in [2.75, 3.05) is 7.05 Å². The lowest BCUT2D eigenvalue weighted by Crippen LogP contribution is -2.18. The highest BCUT2D eigenvalue weighted by molar-refractivity contribution is 5.98. The molecule has 3 unspecified atom stereocenters. The van der Waals surface area contributed by atoms with Crippen molar-refractivity contribution in [2.45, 2.75) is 107 Å². The summed E-state index contributed by atoms with van der Waals surface area (Å²) in [6.07, 6.45) is 19.4. The van der Waals surface area contributed by atoms with Crippen LogP contribution < -0.4 is 11.2 Å². The molecule has 0 amide bonds. The van der Waals surface area contributed by atoms with Crippen molar-refractivity contribution in [3.8, 4) is 0 Å². The van der Waals surface area contributed by atoms with E-state index in [9.17, 15) is 0 Å². The Kier molecular flexibility index (Phi) is 24.1. The zero-order chi connectivity index (χ0) is 33.4. The van der Waals surface area contributed by atoms with Crippen LogP contribution in [0.1, 0.15) is 107 Å². The molecule has 3 atom stereocenters. The van der Waals surface area contributed by atoms with Gasteiger partial charge in [-0.1, -0.05) is 147 Å². The van der Waals surface area contributed by atoms with Crippen molar-refractivity contribution in [3.63, 3.8) is 0 Å². The van der Waals surface area contributed by atoms with Gasteiger partial charge in [0, 0.05) is 13.1 Å². The van der Waals surface area contributed by atoms with Gasteiger partial charge >= 0.3 is 0 Å². The molecule has 3 nitrogen and oxygen atoms in total. The number of benzene rings is 1. The molecule has 1 saturated carbocycles. The van der Waals surface area contributed by atoms with Gasteiger partial charge in [0.1, 0.15) is 0 Å². The van der Waals surface area contributed by atoms with Crippen molar-refractivity contribution in [1.29, 1.82) is 0 Å². The highest BCUT2D eigenvalue weighted by Crippen LogP contribution is 2.38. The maximum Gasteiger partial charge on any atom is 0.0644 e. The maximum atomic E-state index is 5.99. The summed E-state index contributed by atoms with van der Waals surface area (Å²) >= 11 is 0. The summed E-state index contributed by atoms with van der Waals surface area (Å²) in [5.74, 6) is 1.64. The van der Waals surface area contributed by atoms with Crippen LogP contribution in [0, 0.1) is 23.2 Å². The van der Waals surface area contributed by atoms with Crippen molar-refractivity contribution in [3.05, 3.63) is 109 Å². The lowest BCUT2D eigenvalue weighted by molar-refractivity contribution is 0.519. The molecule has 0 aromatic heterocycles. The van der Waals surface area contributed by atoms with E-state index in [2.05, 4.69) is 109 Å². The van der Waals surface area contributed by atoms with E-state index in [0.717, 1.165) is 29.2 Å². The lowest BCUT2D eigenvalue weighted by Gasteiger charge is -2.24. The van der Waals surface area contributed by atoms with Gasteiger partial charge in [0.15, 0.2) is 0 Å². The molecule has 3 N–H and O–H groups in total. The molecule has 0 spiro atoms. The first-order chi connectivity index (χ1) is 20.3. The molecule has 3 heteroatoms. The fourth-order valence-corrected chi connectivity index (χ4v) is 4.72. The fourth-order valence-electron chi connectivity index (χ4n) is 4.72. The van der Waals surface area contributed by atoms with E-state index in [-0.39, 0.29) is 11.5 Å². The molecule has 43 heavy (non-hydrogen) atoms. The van der Waals surface area contributed by atoms with Crippen LogP contribution in [0.15, 0.2) is 108 Å². The van der Waals surface area contributed by atoms with Gasteiger partial charge in [-0.2, -0.15) is 5.10 Å². The van der Waals surface area contributed by atoms with E-state index in [1.165, 1.54) is 31.3 Å². The molecule has 0 radical (unpaired) electrons. The van der Waals surface area contributed by atoms with Gasteiger partial charge in [0.05, 0.1) is 5.71 Å². The van der Waals surface area contributed by atoms with Gasteiger partial charge in [0.2, 0.25) is 0 Å². The van der Waals surface area contributed by atoms with E-state index in [1.54, 1.807) is 18.7 Å². The quantitative estimate of drug-likeness (QED) is 0.117. The minimum atomic E-state index is 0.196. The Balaban J connectivity index is 0. The van der Waals surface area contributed by atoms with Gasteiger partial charge in [-0.05, 0) is 79.9 Å². The number of hydrazone groups is 1. The van der Waals surface area contributed by atoms with E-state index < -0.39 is 0 Å². The van der Waals surface area contributed by atoms with Gasteiger partial charge in [0.25, 0.3) is 0 Å². The molecule has 1 aliphatic carbocycles. The molecule has 1 aliphatic rings. The summed E-state index contributed by atoms with van der Waals surface area (Å²) in [7, 11) is 1.80. The summed E-state index contributed by atoms with van der Waals surface area (Å²) in [5.41, 5.74) is 15.2. The molecule has 0 bridgehead atoms. The summed E-state index contributed by atoms with van der Waals surface area (Å²) in [5, 5.41) is 4.06. The molecule has 0 heterocycles. The van der Waals surface area contributed by atoms with E-state index >= 15 is 0 Å². The Morgan fingerprint density at radius 2 is 1.63 bits per heavy atom. The number of nitrogens with one attached hydrogen (secondary N) is 1. The predicted molar refractivity (Wildman–Crippen MR) is 198 cm³/mol. The van der Waals surface area contributed by atoms with E-state index in [0.29, 0.717) is 11.8 Å². The Morgan fingerprint density at radius 1 is 1.07 bits per heavy atom. The first kappa shape index (κ1) is 42.2. The largest absolute Gasteiger partial charge is 0.328 e. The third-order valence-corrected chi connectivity index (χ3v) is 7.33. The Hall–Kier alpha value is -2.91. The van der Waals surface area contributed by atoms with Gasteiger partial charge in [-0.15, -0.1) is 6.58 Å². The average Bonchev–Trinajstić information content (AvgIpc) is 3.52. The van der Waals surface area contributed by atoms with Crippen LogP contribution in [0.3, 0.4) is 0 Å². The van der Waals surface area contributed by atoms with Crippen LogP contribution in [0.2, 0.25) is 0 Å². The second kappa shape index (κ2) is 24.5. The number of rotatable bonds is 11. The zero-order valence-electron chi connectivity index (χ0n) is 29.8. The Morgan fingerprint density at radius 3 is 2.02 bits per heavy atom. The Labute approximate surface area is 267 Å². The standard InChI is InChI=1S/C21H35N.C9H12N2.C8H14.C2H6/c1-6-8-13-20(17(4)7-2)21(19-11-9-10-12-19)15-16(3)14-18(5)22;1-8(11-10-2)9-6-4-3-5-7-9;1-6-7(2)8(3,4)5;1-2/h6-8,13,15-19H,2,9-12,14,22H2,1,3-5H3;3-7,10H,1-2H3;6H,1-2H2,3-5H3;1-2H3/b8-6-,20-13+,21-15-;11-8+;;. The first-order valence-electron chi connectivity index (χ1n) is 16.3. The molecule has 1 aromatic carbocycles. The third-order valence-electron chi connectivity index (χ3n) is 7.33. The van der Waals surface area contributed by atoms with Crippen molar-refractivity contribution < 1.29 is 0 Å². The number of hydrogen-bond donors (Lipinski definition) is 2. The molecule has 242 valence electrons. The molecule has 1 aromatic rings. The molecule has 1 fully saturated rings. The molecular formula is C40H67N3. The Bertz CT molecular complexity index is 1010. The van der Waals surface area contributed by atoms with Crippen molar-refractivity contribution in [1.82, 2.24) is 5.43 Å². The van der Waals surface area contributed by atoms with Gasteiger partial charge in [-0.25, -0.2) is 0 Å². The highest BCUT2D eigenvalue weighted by Gasteiger charge is 2.24. The fraction of sp³-hybridized carbons (Fsp3) is 0.525. The lowest BCUT2D eigenvalue weighted by atomic mass is 9.82. The second-order valence-corrected chi connectivity index (χ2v) is 12.2. The molecular weight excluding hydrogens is 522 g/mol. The number of allylic oxidation sites excluding steroid dienone is 9. The van der Waals surface area contributed by atoms with Crippen molar-refractivity contribution in [2.24, 2.45) is 34.0 Å². The van der Waals surface area contributed by atoms with Crippen LogP contribution in [-0.2, 0) is 0 Å². The molecule has 0 aliphatic heterocycles. The molecule has 0 saturated heterocycles. The van der Waals surface area contributed by atoms with Crippen LogP contribution in [0.25, 0.3) is 0 Å². The van der Waals surface area contributed by atoms with Gasteiger partial charge < -0.3 is 11.2 Å². The van der Waals surface area contributed by atoms with E-state index in [1.807, 2.05) is 51.1 Å². The summed E-state index contributed by atoms with van der Waals surface area (Å²) < 4.78 is 0. The van der Waals surface area contributed by atoms with Crippen LogP contribution in [0.4, 0.5) is 0 Å². The summed E-state index contributed by atoms with van der Waals surface area (Å²) in [6, 6.07) is 10.3. The average molecular weight is 590 g/mol. The molecule has 2 rings (SSSR count). The second-order valence-electron chi connectivity index (χ2n) is 12.2. The highest BCUT2D eigenvalue weighted by atomic mass is 15.3. The zero-order valence-corrected chi connectivity index (χ0v) is 29.8.